The number of benzene rings is 1. The Morgan fingerprint density at radius 3 is 2.52 bits per heavy atom. The van der Waals surface area contributed by atoms with Crippen LogP contribution in [-0.2, 0) is 0 Å². The second-order valence-corrected chi connectivity index (χ2v) is 6.66. The number of piperidine rings is 1. The smallest absolute Gasteiger partial charge is 0.335 e. The van der Waals surface area contributed by atoms with Gasteiger partial charge in [0.2, 0.25) is 0 Å². The van der Waals surface area contributed by atoms with E-state index in [1.807, 2.05) is 4.90 Å². The van der Waals surface area contributed by atoms with Gasteiger partial charge in [0.15, 0.2) is 0 Å². The van der Waals surface area contributed by atoms with Crippen LogP contribution in [0.25, 0.3) is 0 Å². The monoisotopic (exact) mass is 342 g/mol. The van der Waals surface area contributed by atoms with E-state index in [4.69, 9.17) is 5.11 Å². The van der Waals surface area contributed by atoms with Crippen LogP contribution in [-0.4, -0.2) is 49.7 Å². The third-order valence-corrected chi connectivity index (χ3v) is 4.61. The van der Waals surface area contributed by atoms with Crippen molar-refractivity contribution in [2.75, 3.05) is 13.1 Å². The van der Waals surface area contributed by atoms with E-state index in [1.165, 1.54) is 12.1 Å². The highest BCUT2D eigenvalue weighted by molar-refractivity contribution is 5.96. The van der Waals surface area contributed by atoms with Crippen molar-refractivity contribution in [3.63, 3.8) is 0 Å². The Morgan fingerprint density at radius 2 is 1.88 bits per heavy atom. The topological polar surface area (TPSA) is 88.3 Å². The van der Waals surface area contributed by atoms with Gasteiger partial charge in [0.05, 0.1) is 5.56 Å². The van der Waals surface area contributed by atoms with Crippen LogP contribution in [0.3, 0.4) is 0 Å². The highest BCUT2D eigenvalue weighted by atomic mass is 16.4. The number of rotatable bonds is 4. The van der Waals surface area contributed by atoms with Gasteiger partial charge in [-0.1, -0.05) is 0 Å². The zero-order valence-electron chi connectivity index (χ0n) is 14.4. The number of likely N-dealkylation sites (tertiary alicyclic amines) is 1. The molecule has 1 aliphatic heterocycles. The molecular weight excluding hydrogens is 320 g/mol. The zero-order chi connectivity index (χ0) is 18.0. The van der Waals surface area contributed by atoms with Crippen molar-refractivity contribution in [3.05, 3.63) is 47.5 Å². The van der Waals surface area contributed by atoms with Gasteiger partial charge in [-0.25, -0.2) is 4.79 Å². The summed E-state index contributed by atoms with van der Waals surface area (Å²) in [7, 11) is 0. The molecule has 0 bridgehead atoms. The van der Waals surface area contributed by atoms with E-state index in [-0.39, 0.29) is 23.4 Å². The van der Waals surface area contributed by atoms with Crippen LogP contribution in [0.4, 0.5) is 0 Å². The fourth-order valence-corrected chi connectivity index (χ4v) is 3.25. The molecule has 132 valence electrons. The summed E-state index contributed by atoms with van der Waals surface area (Å²) in [5.74, 6) is 0.0249. The normalized spacial score (nSPS) is 17.7. The molecule has 0 saturated carbocycles. The molecule has 1 fully saturated rings. The van der Waals surface area contributed by atoms with Crippen molar-refractivity contribution in [3.8, 4) is 0 Å². The van der Waals surface area contributed by atoms with E-state index in [9.17, 15) is 9.59 Å². The number of hydrogen-bond donors (Lipinski definition) is 1. The molecule has 0 radical (unpaired) electrons. The van der Waals surface area contributed by atoms with Gasteiger partial charge in [0.25, 0.3) is 5.91 Å². The number of amides is 1. The van der Waals surface area contributed by atoms with Gasteiger partial charge in [-0.2, -0.15) is 0 Å². The Kier molecular flexibility index (Phi) is 4.83. The summed E-state index contributed by atoms with van der Waals surface area (Å²) in [6.45, 7) is 5.47. The molecule has 1 N–H and O–H groups in total. The first-order valence-electron chi connectivity index (χ1n) is 8.49. The average Bonchev–Trinajstić information content (AvgIpc) is 3.11. The molecule has 1 aliphatic rings. The minimum Gasteiger partial charge on any atom is -0.478 e. The first-order chi connectivity index (χ1) is 12.0. The second kappa shape index (κ2) is 7.04. The van der Waals surface area contributed by atoms with Gasteiger partial charge >= 0.3 is 5.97 Å². The third-order valence-electron chi connectivity index (χ3n) is 4.61. The van der Waals surface area contributed by atoms with E-state index >= 15 is 0 Å². The quantitative estimate of drug-likeness (QED) is 0.922. The summed E-state index contributed by atoms with van der Waals surface area (Å²) in [5.41, 5.74) is 0.689. The largest absolute Gasteiger partial charge is 0.478 e. The molecule has 1 amide bonds. The predicted octanol–water partition coefficient (Wildman–Crippen LogP) is 2.58. The number of aromatic nitrogens is 3. The van der Waals surface area contributed by atoms with Crippen LogP contribution in [0, 0.1) is 0 Å². The minimum atomic E-state index is -0.995. The van der Waals surface area contributed by atoms with Crippen molar-refractivity contribution in [1.29, 1.82) is 0 Å². The van der Waals surface area contributed by atoms with E-state index in [0.29, 0.717) is 18.7 Å². The molecule has 0 aliphatic carbocycles. The maximum Gasteiger partial charge on any atom is 0.335 e. The van der Waals surface area contributed by atoms with Crippen LogP contribution in [0.15, 0.2) is 30.6 Å². The van der Waals surface area contributed by atoms with E-state index in [2.05, 4.69) is 28.6 Å². The summed E-state index contributed by atoms with van der Waals surface area (Å²) in [5, 5.41) is 17.3. The molecule has 2 heterocycles. The Labute approximate surface area is 146 Å². The summed E-state index contributed by atoms with van der Waals surface area (Å²) in [6.07, 6.45) is 3.63. The Morgan fingerprint density at radius 1 is 1.20 bits per heavy atom. The SMILES string of the molecule is CC(C)n1cnnc1C1CCCN(C(=O)c2ccc(C(=O)O)cc2)C1. The number of aromatic carboxylic acids is 1. The van der Waals surface area contributed by atoms with Crippen molar-refractivity contribution in [2.45, 2.75) is 38.6 Å². The van der Waals surface area contributed by atoms with E-state index in [0.717, 1.165) is 18.7 Å². The Balaban J connectivity index is 1.75. The third kappa shape index (κ3) is 3.55. The van der Waals surface area contributed by atoms with Crippen molar-refractivity contribution < 1.29 is 14.7 Å². The lowest BCUT2D eigenvalue weighted by Gasteiger charge is -2.32. The van der Waals surface area contributed by atoms with Gasteiger partial charge in [-0.05, 0) is 51.0 Å². The fraction of sp³-hybridized carbons (Fsp3) is 0.444. The molecule has 2 aromatic rings. The number of carbonyl (C=O) groups is 2. The van der Waals surface area contributed by atoms with Crippen LogP contribution in [0.1, 0.15) is 65.2 Å². The number of hydrogen-bond acceptors (Lipinski definition) is 4. The number of nitrogens with zero attached hydrogens (tertiary/aromatic N) is 4. The molecular formula is C18H22N4O3. The molecule has 1 saturated heterocycles. The summed E-state index contributed by atoms with van der Waals surface area (Å²) >= 11 is 0. The molecule has 0 spiro atoms. The van der Waals surface area contributed by atoms with Crippen LogP contribution in [0.2, 0.25) is 0 Å². The molecule has 25 heavy (non-hydrogen) atoms. The minimum absolute atomic E-state index is 0.0720. The van der Waals surface area contributed by atoms with E-state index < -0.39 is 5.97 Å². The number of carboxylic acids is 1. The molecule has 7 heteroatoms. The fourth-order valence-electron chi connectivity index (χ4n) is 3.25. The van der Waals surface area contributed by atoms with E-state index in [1.54, 1.807) is 18.5 Å². The summed E-state index contributed by atoms with van der Waals surface area (Å²) in [4.78, 5) is 25.5. The van der Waals surface area contributed by atoms with Gasteiger partial charge in [0.1, 0.15) is 12.2 Å². The summed E-state index contributed by atoms with van der Waals surface area (Å²) < 4.78 is 2.06. The maximum atomic E-state index is 12.8. The maximum absolute atomic E-state index is 12.8. The van der Waals surface area contributed by atoms with Crippen LogP contribution >= 0.6 is 0 Å². The molecule has 3 rings (SSSR count). The van der Waals surface area contributed by atoms with Crippen molar-refractivity contribution in [2.24, 2.45) is 0 Å². The predicted molar refractivity (Wildman–Crippen MR) is 91.7 cm³/mol. The van der Waals surface area contributed by atoms with Gasteiger partial charge in [-0.15, -0.1) is 10.2 Å². The second-order valence-electron chi connectivity index (χ2n) is 6.66. The lowest BCUT2D eigenvalue weighted by atomic mass is 9.96. The average molecular weight is 342 g/mol. The zero-order valence-corrected chi connectivity index (χ0v) is 14.4. The Bertz CT molecular complexity index is 767. The molecule has 1 unspecified atom stereocenters. The van der Waals surface area contributed by atoms with Crippen LogP contribution in [0.5, 0.6) is 0 Å². The lowest BCUT2D eigenvalue weighted by Crippen LogP contribution is -2.39. The standard InChI is InChI=1S/C18H22N4O3/c1-12(2)22-11-19-20-16(22)15-4-3-9-21(10-15)17(23)13-5-7-14(8-6-13)18(24)25/h5-8,11-12,15H,3-4,9-10H2,1-2H3,(H,24,25). The molecule has 1 aromatic heterocycles. The number of carboxylic acid groups (broad SMARTS) is 1. The number of carbonyl (C=O) groups excluding carboxylic acids is 1. The first-order valence-corrected chi connectivity index (χ1v) is 8.49. The van der Waals surface area contributed by atoms with Gasteiger partial charge < -0.3 is 14.6 Å². The highest BCUT2D eigenvalue weighted by Crippen LogP contribution is 2.27. The van der Waals surface area contributed by atoms with Gasteiger partial charge in [-0.3, -0.25) is 4.79 Å². The summed E-state index contributed by atoms with van der Waals surface area (Å²) in [6, 6.07) is 6.36. The van der Waals surface area contributed by atoms with Crippen LogP contribution < -0.4 is 0 Å². The van der Waals surface area contributed by atoms with Crippen molar-refractivity contribution in [1.82, 2.24) is 19.7 Å². The highest BCUT2D eigenvalue weighted by Gasteiger charge is 2.29. The van der Waals surface area contributed by atoms with Crippen molar-refractivity contribution >= 4 is 11.9 Å². The molecule has 7 nitrogen and oxygen atoms in total. The Hall–Kier alpha value is -2.70. The lowest BCUT2D eigenvalue weighted by molar-refractivity contribution is 0.0686. The molecule has 1 atom stereocenters. The molecule has 1 aromatic carbocycles. The van der Waals surface area contributed by atoms with Gasteiger partial charge in [0, 0.05) is 30.6 Å². The first kappa shape index (κ1) is 17.1.